The number of aliphatic hydroxyl groups excluding tert-OH is 1. The highest BCUT2D eigenvalue weighted by atomic mass is 16.5. The van der Waals surface area contributed by atoms with Gasteiger partial charge in [-0.25, -0.2) is 4.79 Å². The van der Waals surface area contributed by atoms with Crippen molar-refractivity contribution in [2.24, 2.45) is 0 Å². The van der Waals surface area contributed by atoms with Crippen LogP contribution in [0.1, 0.15) is 13.8 Å². The Kier molecular flexibility index (Phi) is 3.47. The van der Waals surface area contributed by atoms with E-state index in [9.17, 15) is 9.90 Å². The fraction of sp³-hybridized carbons (Fsp3) is 0.400. The van der Waals surface area contributed by atoms with Gasteiger partial charge in [-0.2, -0.15) is 5.26 Å². The molecule has 15 heavy (non-hydrogen) atoms. The molecule has 1 heterocycles. The maximum atomic E-state index is 11.4. The number of nitriles is 1. The van der Waals surface area contributed by atoms with Crippen LogP contribution in [0.5, 0.6) is 0 Å². The summed E-state index contributed by atoms with van der Waals surface area (Å²) >= 11 is 0. The molecule has 0 aromatic heterocycles. The number of nitrogens with zero attached hydrogens (tertiary/aromatic N) is 1. The van der Waals surface area contributed by atoms with Crippen molar-refractivity contribution in [2.75, 3.05) is 6.61 Å². The molecule has 0 aromatic rings. The van der Waals surface area contributed by atoms with Crippen LogP contribution in [0.15, 0.2) is 22.9 Å². The lowest BCUT2D eigenvalue weighted by atomic mass is 10.0. The van der Waals surface area contributed by atoms with Crippen LogP contribution in [0, 0.1) is 11.3 Å². The summed E-state index contributed by atoms with van der Waals surface area (Å²) in [6, 6.07) is 1.79. The second kappa shape index (κ2) is 4.62. The summed E-state index contributed by atoms with van der Waals surface area (Å²) in [6.07, 6.45) is 0.350. The summed E-state index contributed by atoms with van der Waals surface area (Å²) in [4.78, 5) is 11.4. The maximum Gasteiger partial charge on any atom is 0.339 e. The molecule has 2 N–H and O–H groups in total. The van der Waals surface area contributed by atoms with Gasteiger partial charge in [0.2, 0.25) is 0 Å². The predicted molar refractivity (Wildman–Crippen MR) is 52.2 cm³/mol. The van der Waals surface area contributed by atoms with Crippen LogP contribution in [0.4, 0.5) is 0 Å². The number of rotatable bonds is 2. The first-order valence-corrected chi connectivity index (χ1v) is 4.54. The van der Waals surface area contributed by atoms with E-state index in [4.69, 9.17) is 10.00 Å². The van der Waals surface area contributed by atoms with Crippen LogP contribution < -0.4 is 5.32 Å². The molecule has 0 saturated heterocycles. The Labute approximate surface area is 87.7 Å². The Bertz CT molecular complexity index is 377. The van der Waals surface area contributed by atoms with E-state index in [2.05, 4.69) is 5.32 Å². The molecule has 1 aliphatic heterocycles. The normalized spacial score (nSPS) is 20.1. The molecule has 0 aliphatic carbocycles. The Balaban J connectivity index is 3.09. The topological polar surface area (TPSA) is 82.4 Å². The molecule has 0 fully saturated rings. The predicted octanol–water partition coefficient (Wildman–Crippen LogP) is 0.195. The number of carbonyl (C=O) groups is 1. The second-order valence-electron chi connectivity index (χ2n) is 3.03. The first-order chi connectivity index (χ1) is 7.10. The van der Waals surface area contributed by atoms with Crippen molar-refractivity contribution >= 4 is 5.97 Å². The monoisotopic (exact) mass is 208 g/mol. The molecule has 1 rings (SSSR count). The fourth-order valence-electron chi connectivity index (χ4n) is 1.27. The molecule has 0 bridgehead atoms. The highest BCUT2D eigenvalue weighted by Gasteiger charge is 2.24. The van der Waals surface area contributed by atoms with Gasteiger partial charge in [0.1, 0.15) is 6.07 Å². The number of hydrogen-bond acceptors (Lipinski definition) is 5. The van der Waals surface area contributed by atoms with Gasteiger partial charge in [-0.05, 0) is 19.9 Å². The van der Waals surface area contributed by atoms with Crippen LogP contribution in [0.2, 0.25) is 0 Å². The van der Waals surface area contributed by atoms with Gasteiger partial charge >= 0.3 is 5.97 Å². The first-order valence-electron chi connectivity index (χ1n) is 4.54. The Morgan fingerprint density at radius 1 is 1.80 bits per heavy atom. The standard InChI is InChI=1S/C10H12N2O3/c1-3-15-10(14)7-4-6(2)12-9(13)8(7)5-11/h4,9,12-13H,3H2,1-2H3. The lowest BCUT2D eigenvalue weighted by Gasteiger charge is -2.20. The molecule has 1 atom stereocenters. The van der Waals surface area contributed by atoms with Crippen LogP contribution >= 0.6 is 0 Å². The van der Waals surface area contributed by atoms with E-state index in [1.54, 1.807) is 19.9 Å². The molecular formula is C10H12N2O3. The van der Waals surface area contributed by atoms with Gasteiger partial charge in [0.15, 0.2) is 6.23 Å². The van der Waals surface area contributed by atoms with Gasteiger partial charge in [-0.3, -0.25) is 0 Å². The number of dihydropyridines is 1. The zero-order chi connectivity index (χ0) is 11.4. The van der Waals surface area contributed by atoms with E-state index >= 15 is 0 Å². The van der Waals surface area contributed by atoms with Crippen LogP contribution in [0.3, 0.4) is 0 Å². The Morgan fingerprint density at radius 2 is 2.47 bits per heavy atom. The summed E-state index contributed by atoms with van der Waals surface area (Å²) < 4.78 is 4.78. The van der Waals surface area contributed by atoms with Crippen LogP contribution in [-0.2, 0) is 9.53 Å². The molecule has 0 amide bonds. The Morgan fingerprint density at radius 3 is 3.00 bits per heavy atom. The minimum Gasteiger partial charge on any atom is -0.462 e. The number of aliphatic hydroxyl groups is 1. The quantitative estimate of drug-likeness (QED) is 0.633. The summed E-state index contributed by atoms with van der Waals surface area (Å²) in [5.41, 5.74) is 0.715. The van der Waals surface area contributed by atoms with Crippen LogP contribution in [-0.4, -0.2) is 23.9 Å². The highest BCUT2D eigenvalue weighted by Crippen LogP contribution is 2.17. The highest BCUT2D eigenvalue weighted by molar-refractivity contribution is 5.94. The number of ether oxygens (including phenoxy) is 1. The van der Waals surface area contributed by atoms with Gasteiger partial charge in [-0.15, -0.1) is 0 Å². The molecule has 1 unspecified atom stereocenters. The molecule has 80 valence electrons. The first kappa shape index (κ1) is 11.3. The van der Waals surface area contributed by atoms with E-state index in [0.29, 0.717) is 5.70 Å². The molecule has 5 heteroatoms. The molecule has 0 saturated carbocycles. The van der Waals surface area contributed by atoms with Gasteiger partial charge < -0.3 is 15.2 Å². The van der Waals surface area contributed by atoms with Crippen molar-refractivity contribution < 1.29 is 14.6 Å². The minimum absolute atomic E-state index is 0.0148. The minimum atomic E-state index is -1.14. The van der Waals surface area contributed by atoms with Gasteiger partial charge in [0.25, 0.3) is 0 Å². The molecular weight excluding hydrogens is 196 g/mol. The summed E-state index contributed by atoms with van der Waals surface area (Å²) in [6.45, 7) is 3.60. The summed E-state index contributed by atoms with van der Waals surface area (Å²) in [7, 11) is 0. The fourth-order valence-corrected chi connectivity index (χ4v) is 1.27. The van der Waals surface area contributed by atoms with Crippen molar-refractivity contribution in [2.45, 2.75) is 20.1 Å². The van der Waals surface area contributed by atoms with Crippen molar-refractivity contribution in [3.8, 4) is 6.07 Å². The van der Waals surface area contributed by atoms with E-state index < -0.39 is 12.2 Å². The Hall–Kier alpha value is -1.80. The van der Waals surface area contributed by atoms with E-state index in [1.165, 1.54) is 6.08 Å². The third-order valence-corrected chi connectivity index (χ3v) is 1.90. The third-order valence-electron chi connectivity index (χ3n) is 1.90. The molecule has 0 spiro atoms. The molecule has 0 radical (unpaired) electrons. The van der Waals surface area contributed by atoms with Crippen molar-refractivity contribution in [3.63, 3.8) is 0 Å². The average molecular weight is 208 g/mol. The number of hydrogen-bond donors (Lipinski definition) is 2. The van der Waals surface area contributed by atoms with E-state index in [0.717, 1.165) is 0 Å². The second-order valence-corrected chi connectivity index (χ2v) is 3.03. The number of nitrogens with one attached hydrogen (secondary N) is 1. The zero-order valence-electron chi connectivity index (χ0n) is 8.57. The van der Waals surface area contributed by atoms with Crippen molar-refractivity contribution in [1.82, 2.24) is 5.32 Å². The average Bonchev–Trinajstić information content (AvgIpc) is 2.17. The van der Waals surface area contributed by atoms with Gasteiger partial charge in [0.05, 0.1) is 17.8 Å². The van der Waals surface area contributed by atoms with Crippen molar-refractivity contribution in [3.05, 3.63) is 22.9 Å². The number of esters is 1. The number of allylic oxidation sites excluding steroid dienone is 1. The van der Waals surface area contributed by atoms with E-state index in [1.807, 2.05) is 0 Å². The van der Waals surface area contributed by atoms with E-state index in [-0.39, 0.29) is 17.8 Å². The molecule has 0 aromatic carbocycles. The summed E-state index contributed by atoms with van der Waals surface area (Å²) in [5.74, 6) is -0.589. The smallest absolute Gasteiger partial charge is 0.339 e. The SMILES string of the molecule is CCOC(=O)C1=C(C#N)C(O)NC(C)=C1. The van der Waals surface area contributed by atoms with Crippen LogP contribution in [0.25, 0.3) is 0 Å². The van der Waals surface area contributed by atoms with Crippen molar-refractivity contribution in [1.29, 1.82) is 5.26 Å². The largest absolute Gasteiger partial charge is 0.462 e. The third kappa shape index (κ3) is 2.36. The lowest BCUT2D eigenvalue weighted by molar-refractivity contribution is -0.138. The lowest BCUT2D eigenvalue weighted by Crippen LogP contribution is -2.34. The molecule has 5 nitrogen and oxygen atoms in total. The summed E-state index contributed by atoms with van der Waals surface area (Å²) in [5, 5.41) is 20.9. The van der Waals surface area contributed by atoms with Gasteiger partial charge in [-0.1, -0.05) is 0 Å². The number of carbonyl (C=O) groups excluding carboxylic acids is 1. The molecule has 1 aliphatic rings. The van der Waals surface area contributed by atoms with Gasteiger partial charge in [0, 0.05) is 5.70 Å². The zero-order valence-corrected chi connectivity index (χ0v) is 8.57. The maximum absolute atomic E-state index is 11.4.